The van der Waals surface area contributed by atoms with Crippen molar-refractivity contribution in [2.45, 2.75) is 26.8 Å². The minimum absolute atomic E-state index is 0. The molecule has 1 aromatic rings. The fraction of sp³-hybridized carbons (Fsp3) is 0.571. The lowest BCUT2D eigenvalue weighted by atomic mass is 9.90. The topological polar surface area (TPSA) is 29.3 Å². The summed E-state index contributed by atoms with van der Waals surface area (Å²) in [7, 11) is 0. The van der Waals surface area contributed by atoms with Gasteiger partial charge in [-0.15, -0.1) is 12.4 Å². The van der Waals surface area contributed by atoms with Gasteiger partial charge in [-0.25, -0.2) is 0 Å². The molecule has 0 spiro atoms. The molecule has 1 fully saturated rings. The number of benzene rings is 1. The number of nitrogens with zero attached hydrogens (tertiary/aromatic N) is 1. The lowest BCUT2D eigenvalue weighted by molar-refractivity contribution is 0.274. The van der Waals surface area contributed by atoms with E-state index < -0.39 is 0 Å². The summed E-state index contributed by atoms with van der Waals surface area (Å²) in [5.74, 6) is 0. The summed E-state index contributed by atoms with van der Waals surface area (Å²) in [4.78, 5) is 2.52. The van der Waals surface area contributed by atoms with Gasteiger partial charge in [0.2, 0.25) is 0 Å². The predicted molar refractivity (Wildman–Crippen MR) is 83.2 cm³/mol. The minimum Gasteiger partial charge on any atom is -0.330 e. The highest BCUT2D eigenvalue weighted by atomic mass is 79.9. The molecule has 1 aliphatic rings. The van der Waals surface area contributed by atoms with Crippen LogP contribution >= 0.6 is 28.3 Å². The fourth-order valence-corrected chi connectivity index (χ4v) is 2.98. The maximum absolute atomic E-state index is 5.84. The van der Waals surface area contributed by atoms with Gasteiger partial charge in [0, 0.05) is 17.6 Å². The van der Waals surface area contributed by atoms with Crippen LogP contribution in [-0.4, -0.2) is 24.5 Å². The highest BCUT2D eigenvalue weighted by molar-refractivity contribution is 9.10. The number of hydrogen-bond donors (Lipinski definition) is 1. The van der Waals surface area contributed by atoms with Gasteiger partial charge in [0.05, 0.1) is 0 Å². The molecule has 102 valence electrons. The third-order valence-electron chi connectivity index (χ3n) is 3.83. The first-order valence-electron chi connectivity index (χ1n) is 6.20. The lowest BCUT2D eigenvalue weighted by Gasteiger charge is -2.23. The molecular weight excluding hydrogens is 312 g/mol. The Labute approximate surface area is 124 Å². The average molecular weight is 334 g/mol. The maximum atomic E-state index is 5.84. The van der Waals surface area contributed by atoms with Gasteiger partial charge in [0.15, 0.2) is 0 Å². The third-order valence-corrected chi connectivity index (χ3v) is 4.32. The second-order valence-corrected chi connectivity index (χ2v) is 6.46. The molecular formula is C14H22BrClN2. The Morgan fingerprint density at radius 3 is 2.72 bits per heavy atom. The van der Waals surface area contributed by atoms with E-state index in [1.807, 2.05) is 0 Å². The normalized spacial score (nSPS) is 24.0. The molecule has 1 aromatic carbocycles. The molecule has 1 heterocycles. The van der Waals surface area contributed by atoms with Gasteiger partial charge in [0.1, 0.15) is 0 Å². The smallest absolute Gasteiger partial charge is 0.0236 e. The average Bonchev–Trinajstić information content (AvgIpc) is 2.66. The Morgan fingerprint density at radius 2 is 2.17 bits per heavy atom. The molecule has 0 aromatic heterocycles. The molecule has 1 unspecified atom stereocenters. The summed E-state index contributed by atoms with van der Waals surface area (Å²) in [5.41, 5.74) is 8.95. The van der Waals surface area contributed by atoms with Crippen LogP contribution in [0.3, 0.4) is 0 Å². The van der Waals surface area contributed by atoms with Crippen LogP contribution in [0.2, 0.25) is 0 Å². The minimum atomic E-state index is 0. The van der Waals surface area contributed by atoms with Crippen molar-refractivity contribution < 1.29 is 0 Å². The first-order chi connectivity index (χ1) is 8.02. The molecule has 1 atom stereocenters. The second kappa shape index (κ2) is 6.38. The molecule has 18 heavy (non-hydrogen) atoms. The SMILES string of the molecule is Cc1cc(Br)ccc1CN1CCC(C)(CN)C1.Cl. The van der Waals surface area contributed by atoms with Crippen molar-refractivity contribution in [1.82, 2.24) is 4.90 Å². The van der Waals surface area contributed by atoms with Crippen molar-refractivity contribution in [2.75, 3.05) is 19.6 Å². The zero-order valence-electron chi connectivity index (χ0n) is 11.1. The van der Waals surface area contributed by atoms with Gasteiger partial charge < -0.3 is 5.73 Å². The molecule has 2 rings (SSSR count). The Balaban J connectivity index is 0.00000162. The van der Waals surface area contributed by atoms with E-state index in [2.05, 4.69) is 52.9 Å². The first kappa shape index (κ1) is 16.0. The summed E-state index contributed by atoms with van der Waals surface area (Å²) in [6.07, 6.45) is 1.22. The van der Waals surface area contributed by atoms with Gasteiger partial charge >= 0.3 is 0 Å². The van der Waals surface area contributed by atoms with Crippen LogP contribution in [0.15, 0.2) is 22.7 Å². The van der Waals surface area contributed by atoms with Crippen LogP contribution in [-0.2, 0) is 6.54 Å². The van der Waals surface area contributed by atoms with Gasteiger partial charge in [0.25, 0.3) is 0 Å². The Morgan fingerprint density at radius 1 is 1.44 bits per heavy atom. The molecule has 0 bridgehead atoms. The van der Waals surface area contributed by atoms with E-state index in [0.717, 1.165) is 24.1 Å². The summed E-state index contributed by atoms with van der Waals surface area (Å²) >= 11 is 3.51. The van der Waals surface area contributed by atoms with E-state index >= 15 is 0 Å². The molecule has 0 aliphatic carbocycles. The van der Waals surface area contributed by atoms with Gasteiger partial charge in [-0.05, 0) is 55.1 Å². The number of aryl methyl sites for hydroxylation is 1. The molecule has 0 radical (unpaired) electrons. The van der Waals surface area contributed by atoms with Crippen molar-refractivity contribution in [1.29, 1.82) is 0 Å². The van der Waals surface area contributed by atoms with E-state index in [4.69, 9.17) is 5.73 Å². The van der Waals surface area contributed by atoms with E-state index in [0.29, 0.717) is 5.41 Å². The zero-order chi connectivity index (χ0) is 12.5. The number of likely N-dealkylation sites (tertiary alicyclic amines) is 1. The van der Waals surface area contributed by atoms with E-state index in [-0.39, 0.29) is 12.4 Å². The van der Waals surface area contributed by atoms with Crippen LogP contribution in [0.25, 0.3) is 0 Å². The Hall–Kier alpha value is -0.0900. The Bertz CT molecular complexity index is 411. The predicted octanol–water partition coefficient (Wildman–Crippen LogP) is 3.35. The largest absolute Gasteiger partial charge is 0.330 e. The summed E-state index contributed by atoms with van der Waals surface area (Å²) in [6.45, 7) is 8.61. The van der Waals surface area contributed by atoms with Crippen molar-refractivity contribution in [3.8, 4) is 0 Å². The summed E-state index contributed by atoms with van der Waals surface area (Å²) in [6, 6.07) is 6.53. The molecule has 2 nitrogen and oxygen atoms in total. The highest BCUT2D eigenvalue weighted by Crippen LogP contribution is 2.30. The van der Waals surface area contributed by atoms with Crippen LogP contribution in [0.5, 0.6) is 0 Å². The number of nitrogens with two attached hydrogens (primary N) is 1. The molecule has 2 N–H and O–H groups in total. The van der Waals surface area contributed by atoms with E-state index in [9.17, 15) is 0 Å². The van der Waals surface area contributed by atoms with E-state index in [1.54, 1.807) is 0 Å². The molecule has 4 heteroatoms. The van der Waals surface area contributed by atoms with Crippen molar-refractivity contribution in [3.63, 3.8) is 0 Å². The maximum Gasteiger partial charge on any atom is 0.0236 e. The quantitative estimate of drug-likeness (QED) is 0.919. The van der Waals surface area contributed by atoms with Gasteiger partial charge in [-0.2, -0.15) is 0 Å². The molecule has 1 saturated heterocycles. The number of halogens is 2. The number of rotatable bonds is 3. The summed E-state index contributed by atoms with van der Waals surface area (Å²) < 4.78 is 1.16. The lowest BCUT2D eigenvalue weighted by Crippen LogP contribution is -2.31. The first-order valence-corrected chi connectivity index (χ1v) is 6.99. The summed E-state index contributed by atoms with van der Waals surface area (Å²) in [5, 5.41) is 0. The van der Waals surface area contributed by atoms with Crippen LogP contribution in [0, 0.1) is 12.3 Å². The number of hydrogen-bond acceptors (Lipinski definition) is 2. The van der Waals surface area contributed by atoms with Crippen molar-refractivity contribution in [2.24, 2.45) is 11.1 Å². The van der Waals surface area contributed by atoms with Crippen molar-refractivity contribution in [3.05, 3.63) is 33.8 Å². The van der Waals surface area contributed by atoms with Crippen LogP contribution < -0.4 is 5.73 Å². The second-order valence-electron chi connectivity index (χ2n) is 5.55. The molecule has 0 saturated carbocycles. The molecule has 0 amide bonds. The monoisotopic (exact) mass is 332 g/mol. The van der Waals surface area contributed by atoms with Gasteiger partial charge in [-0.1, -0.05) is 28.9 Å². The fourth-order valence-electron chi connectivity index (χ4n) is 2.51. The van der Waals surface area contributed by atoms with E-state index in [1.165, 1.54) is 24.1 Å². The van der Waals surface area contributed by atoms with Crippen LogP contribution in [0.1, 0.15) is 24.5 Å². The zero-order valence-corrected chi connectivity index (χ0v) is 13.5. The van der Waals surface area contributed by atoms with Crippen LogP contribution in [0.4, 0.5) is 0 Å². The van der Waals surface area contributed by atoms with Gasteiger partial charge in [-0.3, -0.25) is 4.90 Å². The third kappa shape index (κ3) is 3.70. The molecule has 1 aliphatic heterocycles. The standard InChI is InChI=1S/C14H21BrN2.ClH/c1-11-7-13(15)4-3-12(11)8-17-6-5-14(2,9-16)10-17;/h3-4,7H,5-6,8-10,16H2,1-2H3;1H. The highest BCUT2D eigenvalue weighted by Gasteiger charge is 2.32. The van der Waals surface area contributed by atoms with Crippen molar-refractivity contribution >= 4 is 28.3 Å². The Kier molecular flexibility index (Phi) is 5.66.